The molecule has 0 bridgehead atoms. The minimum absolute atomic E-state index is 0.349. The van der Waals surface area contributed by atoms with Crippen molar-refractivity contribution in [2.75, 3.05) is 11.9 Å². The fourth-order valence-electron chi connectivity index (χ4n) is 2.58. The van der Waals surface area contributed by atoms with Gasteiger partial charge >= 0.3 is 5.97 Å². The van der Waals surface area contributed by atoms with Crippen molar-refractivity contribution >= 4 is 23.5 Å². The molecule has 2 aromatic rings. The van der Waals surface area contributed by atoms with Crippen LogP contribution in [0.4, 0.5) is 5.95 Å². The van der Waals surface area contributed by atoms with Gasteiger partial charge in [0.2, 0.25) is 5.95 Å². The van der Waals surface area contributed by atoms with E-state index in [9.17, 15) is 4.79 Å². The Balaban J connectivity index is 2.07. The van der Waals surface area contributed by atoms with E-state index in [1.807, 2.05) is 26.0 Å². The lowest BCUT2D eigenvalue weighted by molar-refractivity contribution is -0.139. The highest BCUT2D eigenvalue weighted by molar-refractivity contribution is 6.30. The molecule has 0 fully saturated rings. The smallest absolute Gasteiger partial charge is 0.338 e. The lowest BCUT2D eigenvalue weighted by atomic mass is 9.96. The number of benzene rings is 1. The Morgan fingerprint density at radius 2 is 2.13 bits per heavy atom. The van der Waals surface area contributed by atoms with E-state index >= 15 is 0 Å². The quantitative estimate of drug-likeness (QED) is 0.871. The molecular formula is C16H17ClN4O2. The van der Waals surface area contributed by atoms with Crippen LogP contribution >= 0.6 is 11.6 Å². The zero-order valence-corrected chi connectivity index (χ0v) is 13.7. The fraction of sp³-hybridized carbons (Fsp3) is 0.312. The highest BCUT2D eigenvalue weighted by Crippen LogP contribution is 2.35. The summed E-state index contributed by atoms with van der Waals surface area (Å²) in [4.78, 5) is 16.7. The third-order valence-electron chi connectivity index (χ3n) is 3.64. The minimum Gasteiger partial charge on any atom is -0.462 e. The van der Waals surface area contributed by atoms with Gasteiger partial charge in [0.15, 0.2) is 0 Å². The predicted octanol–water partition coefficient (Wildman–Crippen LogP) is 3.17. The Bertz CT molecular complexity index is 752. The van der Waals surface area contributed by atoms with E-state index in [1.54, 1.807) is 16.8 Å². The first-order valence-corrected chi connectivity index (χ1v) is 7.79. The number of nitrogens with one attached hydrogen (secondary N) is 1. The van der Waals surface area contributed by atoms with Gasteiger partial charge in [-0.15, -0.1) is 0 Å². The van der Waals surface area contributed by atoms with Crippen molar-refractivity contribution in [1.82, 2.24) is 14.8 Å². The number of hydrogen-bond acceptors (Lipinski definition) is 5. The van der Waals surface area contributed by atoms with Gasteiger partial charge in [-0.1, -0.05) is 30.7 Å². The van der Waals surface area contributed by atoms with Crippen molar-refractivity contribution in [3.63, 3.8) is 0 Å². The summed E-state index contributed by atoms with van der Waals surface area (Å²) in [6.45, 7) is 4.18. The molecule has 1 aliphatic heterocycles. The van der Waals surface area contributed by atoms with Crippen LogP contribution in [0, 0.1) is 0 Å². The SMILES string of the molecule is CCCOC(=O)C1=C(C)Nc2ncnn2C1c1ccc(Cl)cc1. The summed E-state index contributed by atoms with van der Waals surface area (Å²) < 4.78 is 7.02. The Morgan fingerprint density at radius 3 is 2.83 bits per heavy atom. The highest BCUT2D eigenvalue weighted by Gasteiger charge is 2.34. The predicted molar refractivity (Wildman–Crippen MR) is 87.2 cm³/mol. The summed E-state index contributed by atoms with van der Waals surface area (Å²) in [6, 6.07) is 6.95. The van der Waals surface area contributed by atoms with Crippen LogP contribution in [0.25, 0.3) is 0 Å². The van der Waals surface area contributed by atoms with E-state index in [0.29, 0.717) is 28.8 Å². The van der Waals surface area contributed by atoms with E-state index < -0.39 is 6.04 Å². The fourth-order valence-corrected chi connectivity index (χ4v) is 2.71. The first kappa shape index (κ1) is 15.6. The van der Waals surface area contributed by atoms with Crippen LogP contribution < -0.4 is 5.32 Å². The molecule has 7 heteroatoms. The standard InChI is InChI=1S/C16H17ClN4O2/c1-3-8-23-15(22)13-10(2)20-16-18-9-19-21(16)14(13)11-4-6-12(17)7-5-11/h4-7,9,14H,3,8H2,1-2H3,(H,18,19,20). The van der Waals surface area contributed by atoms with Gasteiger partial charge in [0, 0.05) is 10.7 Å². The molecular weight excluding hydrogens is 316 g/mol. The van der Waals surface area contributed by atoms with Crippen molar-refractivity contribution in [2.45, 2.75) is 26.3 Å². The Hall–Kier alpha value is -2.34. The highest BCUT2D eigenvalue weighted by atomic mass is 35.5. The molecule has 0 radical (unpaired) electrons. The molecule has 0 saturated carbocycles. The van der Waals surface area contributed by atoms with Gasteiger partial charge in [0.1, 0.15) is 12.4 Å². The average molecular weight is 333 g/mol. The summed E-state index contributed by atoms with van der Waals surface area (Å²) in [5.74, 6) is 0.243. The number of esters is 1. The number of anilines is 1. The van der Waals surface area contributed by atoms with Crippen LogP contribution in [0.2, 0.25) is 5.02 Å². The van der Waals surface area contributed by atoms with Gasteiger partial charge in [0.05, 0.1) is 12.2 Å². The van der Waals surface area contributed by atoms with Gasteiger partial charge in [-0.05, 0) is 31.0 Å². The molecule has 23 heavy (non-hydrogen) atoms. The zero-order chi connectivity index (χ0) is 16.4. The van der Waals surface area contributed by atoms with E-state index in [0.717, 1.165) is 12.0 Å². The van der Waals surface area contributed by atoms with Crippen LogP contribution in [0.3, 0.4) is 0 Å². The molecule has 1 unspecified atom stereocenters. The molecule has 2 heterocycles. The van der Waals surface area contributed by atoms with Gasteiger partial charge < -0.3 is 10.1 Å². The minimum atomic E-state index is -0.393. The second kappa shape index (κ2) is 6.42. The van der Waals surface area contributed by atoms with E-state index in [4.69, 9.17) is 16.3 Å². The molecule has 1 aromatic carbocycles. The van der Waals surface area contributed by atoms with Gasteiger partial charge in [-0.3, -0.25) is 0 Å². The van der Waals surface area contributed by atoms with Crippen molar-refractivity contribution in [2.24, 2.45) is 0 Å². The van der Waals surface area contributed by atoms with Gasteiger partial charge in [0.25, 0.3) is 0 Å². The number of hydrogen-bond donors (Lipinski definition) is 1. The first-order chi connectivity index (χ1) is 11.1. The van der Waals surface area contributed by atoms with Crippen LogP contribution in [0.15, 0.2) is 41.9 Å². The number of carbonyl (C=O) groups is 1. The molecule has 1 atom stereocenters. The van der Waals surface area contributed by atoms with Crippen LogP contribution in [-0.2, 0) is 9.53 Å². The molecule has 3 rings (SSSR count). The number of nitrogens with zero attached hydrogens (tertiary/aromatic N) is 3. The summed E-state index contributed by atoms with van der Waals surface area (Å²) in [5, 5.41) is 7.99. The number of carbonyl (C=O) groups excluding carboxylic acids is 1. The Kier molecular flexibility index (Phi) is 4.34. The second-order valence-corrected chi connectivity index (χ2v) is 5.72. The molecule has 0 saturated heterocycles. The van der Waals surface area contributed by atoms with Crippen molar-refractivity contribution in [3.05, 3.63) is 52.4 Å². The summed E-state index contributed by atoms with van der Waals surface area (Å²) in [6.07, 6.45) is 2.23. The van der Waals surface area contributed by atoms with Crippen molar-refractivity contribution < 1.29 is 9.53 Å². The molecule has 0 spiro atoms. The zero-order valence-electron chi connectivity index (χ0n) is 12.9. The second-order valence-electron chi connectivity index (χ2n) is 5.28. The van der Waals surface area contributed by atoms with E-state index in [-0.39, 0.29) is 5.97 Å². The maximum atomic E-state index is 12.5. The van der Waals surface area contributed by atoms with Crippen molar-refractivity contribution in [1.29, 1.82) is 0 Å². The van der Waals surface area contributed by atoms with Gasteiger partial charge in [-0.2, -0.15) is 10.1 Å². The molecule has 6 nitrogen and oxygen atoms in total. The Labute approximate surface area is 139 Å². The number of fused-ring (bicyclic) bond motifs is 1. The number of allylic oxidation sites excluding steroid dienone is 1. The number of ether oxygens (including phenoxy) is 1. The monoisotopic (exact) mass is 332 g/mol. The molecule has 1 aromatic heterocycles. The number of halogens is 1. The molecule has 0 amide bonds. The summed E-state index contributed by atoms with van der Waals surface area (Å²) in [7, 11) is 0. The molecule has 0 aliphatic carbocycles. The topological polar surface area (TPSA) is 69.0 Å². The van der Waals surface area contributed by atoms with Crippen LogP contribution in [0.5, 0.6) is 0 Å². The van der Waals surface area contributed by atoms with Crippen molar-refractivity contribution in [3.8, 4) is 0 Å². The molecule has 1 N–H and O–H groups in total. The normalized spacial score (nSPS) is 16.7. The maximum Gasteiger partial charge on any atom is 0.338 e. The van der Waals surface area contributed by atoms with Gasteiger partial charge in [-0.25, -0.2) is 9.48 Å². The third kappa shape index (κ3) is 2.94. The lowest BCUT2D eigenvalue weighted by Crippen LogP contribution is -2.29. The van der Waals surface area contributed by atoms with Crippen LogP contribution in [-0.4, -0.2) is 27.3 Å². The van der Waals surface area contributed by atoms with E-state index in [1.165, 1.54) is 6.33 Å². The summed E-state index contributed by atoms with van der Waals surface area (Å²) >= 11 is 5.98. The number of aromatic nitrogens is 3. The largest absolute Gasteiger partial charge is 0.462 e. The number of rotatable bonds is 4. The maximum absolute atomic E-state index is 12.5. The van der Waals surface area contributed by atoms with Crippen LogP contribution in [0.1, 0.15) is 31.9 Å². The molecule has 1 aliphatic rings. The molecule has 120 valence electrons. The lowest BCUT2D eigenvalue weighted by Gasteiger charge is -2.28. The Morgan fingerprint density at radius 1 is 1.39 bits per heavy atom. The van der Waals surface area contributed by atoms with E-state index in [2.05, 4.69) is 15.4 Å². The first-order valence-electron chi connectivity index (χ1n) is 7.41. The summed E-state index contributed by atoms with van der Waals surface area (Å²) in [5.41, 5.74) is 2.13. The third-order valence-corrected chi connectivity index (χ3v) is 3.89. The average Bonchev–Trinajstić information content (AvgIpc) is 3.00.